The van der Waals surface area contributed by atoms with Crippen LogP contribution in [0.15, 0.2) is 68.6 Å². The predicted molar refractivity (Wildman–Crippen MR) is 124 cm³/mol. The summed E-state index contributed by atoms with van der Waals surface area (Å²) in [4.78, 5) is 12.2. The van der Waals surface area contributed by atoms with Crippen molar-refractivity contribution in [1.82, 2.24) is 5.43 Å². The molecule has 0 aromatic heterocycles. The van der Waals surface area contributed by atoms with Crippen molar-refractivity contribution in [3.63, 3.8) is 0 Å². The lowest BCUT2D eigenvalue weighted by atomic mass is 10.1. The molecule has 0 bridgehead atoms. The molecule has 8 heteroatoms. The van der Waals surface area contributed by atoms with Crippen molar-refractivity contribution in [3.05, 3.63) is 96.6 Å². The number of hydrazone groups is 1. The first-order chi connectivity index (χ1) is 14.3. The van der Waals surface area contributed by atoms with Crippen molar-refractivity contribution in [2.75, 3.05) is 0 Å². The fourth-order valence-electron chi connectivity index (χ4n) is 2.56. The van der Waals surface area contributed by atoms with Gasteiger partial charge < -0.3 is 4.74 Å². The summed E-state index contributed by atoms with van der Waals surface area (Å²) in [5, 5.41) is 4.37. The van der Waals surface area contributed by atoms with Crippen LogP contribution >= 0.6 is 43.5 Å². The van der Waals surface area contributed by atoms with Crippen LogP contribution in [0.4, 0.5) is 4.39 Å². The van der Waals surface area contributed by atoms with Gasteiger partial charge in [-0.1, -0.05) is 29.8 Å². The molecule has 1 N–H and O–H groups in total. The molecule has 0 unspecified atom stereocenters. The molecule has 1 amide bonds. The third-order valence-electron chi connectivity index (χ3n) is 4.07. The highest BCUT2D eigenvalue weighted by Gasteiger charge is 2.11. The van der Waals surface area contributed by atoms with Crippen LogP contribution in [0.1, 0.15) is 27.0 Å². The molecule has 3 rings (SSSR count). The zero-order valence-corrected chi connectivity index (χ0v) is 19.7. The van der Waals surface area contributed by atoms with E-state index in [-0.39, 0.29) is 12.4 Å². The number of hydrogen-bond donors (Lipinski definition) is 1. The van der Waals surface area contributed by atoms with Crippen LogP contribution in [-0.2, 0) is 6.61 Å². The van der Waals surface area contributed by atoms with E-state index in [4.69, 9.17) is 16.3 Å². The molecule has 0 aliphatic carbocycles. The van der Waals surface area contributed by atoms with Crippen molar-refractivity contribution in [1.29, 1.82) is 0 Å². The second kappa shape index (κ2) is 10.2. The highest BCUT2D eigenvalue weighted by Crippen LogP contribution is 2.35. The molecule has 0 heterocycles. The molecule has 3 aromatic rings. The standard InChI is InChI=1S/C22H16Br2ClFN2O2/c1-13-2-7-17(20(25)8-13)22(29)28-27-11-15-9-18(23)21(19(24)10-15)30-12-14-3-5-16(26)6-4-14/h2-11H,12H2,1H3,(H,28,29)/b27-11-. The van der Waals surface area contributed by atoms with E-state index in [1.807, 2.05) is 13.0 Å². The van der Waals surface area contributed by atoms with E-state index in [0.29, 0.717) is 25.3 Å². The van der Waals surface area contributed by atoms with Crippen molar-refractivity contribution < 1.29 is 13.9 Å². The molecule has 0 spiro atoms. The van der Waals surface area contributed by atoms with E-state index >= 15 is 0 Å². The average molecular weight is 555 g/mol. The van der Waals surface area contributed by atoms with Gasteiger partial charge in [0.05, 0.1) is 25.7 Å². The number of ether oxygens (including phenoxy) is 1. The zero-order valence-electron chi connectivity index (χ0n) is 15.8. The third kappa shape index (κ3) is 5.90. The predicted octanol–water partition coefficient (Wildman–Crippen LogP) is 6.66. The number of hydrogen-bond acceptors (Lipinski definition) is 3. The molecule has 0 aliphatic rings. The minimum absolute atomic E-state index is 0.290. The Morgan fingerprint density at radius 3 is 2.43 bits per heavy atom. The summed E-state index contributed by atoms with van der Waals surface area (Å²) in [5.41, 5.74) is 5.37. The van der Waals surface area contributed by atoms with Crippen molar-refractivity contribution >= 4 is 55.6 Å². The molecular formula is C22H16Br2ClFN2O2. The summed E-state index contributed by atoms with van der Waals surface area (Å²) in [6.45, 7) is 2.19. The fourth-order valence-corrected chi connectivity index (χ4v) is 4.33. The van der Waals surface area contributed by atoms with Crippen LogP contribution in [0.25, 0.3) is 0 Å². The Hall–Kier alpha value is -2.22. The highest BCUT2D eigenvalue weighted by molar-refractivity contribution is 9.11. The fraction of sp³-hybridized carbons (Fsp3) is 0.0909. The molecule has 154 valence electrons. The van der Waals surface area contributed by atoms with E-state index in [1.165, 1.54) is 18.3 Å². The zero-order chi connectivity index (χ0) is 21.7. The maximum absolute atomic E-state index is 13.0. The van der Waals surface area contributed by atoms with Crippen LogP contribution in [0.5, 0.6) is 5.75 Å². The van der Waals surface area contributed by atoms with E-state index in [9.17, 15) is 9.18 Å². The second-order valence-electron chi connectivity index (χ2n) is 6.41. The largest absolute Gasteiger partial charge is 0.487 e. The number of amides is 1. The molecule has 3 aromatic carbocycles. The first kappa shape index (κ1) is 22.5. The molecule has 0 aliphatic heterocycles. The third-order valence-corrected chi connectivity index (χ3v) is 5.56. The van der Waals surface area contributed by atoms with Crippen LogP contribution in [0.2, 0.25) is 5.02 Å². The van der Waals surface area contributed by atoms with Gasteiger partial charge in [-0.05, 0) is 91.9 Å². The monoisotopic (exact) mass is 552 g/mol. The van der Waals surface area contributed by atoms with Gasteiger partial charge in [-0.25, -0.2) is 9.82 Å². The lowest BCUT2D eigenvalue weighted by molar-refractivity contribution is 0.0955. The van der Waals surface area contributed by atoms with Crippen LogP contribution in [0, 0.1) is 12.7 Å². The van der Waals surface area contributed by atoms with Gasteiger partial charge in [-0.2, -0.15) is 5.10 Å². The van der Waals surface area contributed by atoms with Crippen LogP contribution in [0.3, 0.4) is 0 Å². The van der Waals surface area contributed by atoms with E-state index in [0.717, 1.165) is 16.7 Å². The van der Waals surface area contributed by atoms with E-state index in [1.54, 1.807) is 36.4 Å². The summed E-state index contributed by atoms with van der Waals surface area (Å²) in [6.07, 6.45) is 1.51. The lowest BCUT2D eigenvalue weighted by Crippen LogP contribution is -2.18. The van der Waals surface area contributed by atoms with Gasteiger partial charge in [0.2, 0.25) is 0 Å². The first-order valence-electron chi connectivity index (χ1n) is 8.79. The number of carbonyl (C=O) groups excluding carboxylic acids is 1. The van der Waals surface area contributed by atoms with Gasteiger partial charge in [0, 0.05) is 0 Å². The second-order valence-corrected chi connectivity index (χ2v) is 8.53. The Bertz CT molecular complexity index is 1080. The number of rotatable bonds is 6. The van der Waals surface area contributed by atoms with Crippen LogP contribution < -0.4 is 10.2 Å². The van der Waals surface area contributed by atoms with Crippen molar-refractivity contribution in [2.45, 2.75) is 13.5 Å². The van der Waals surface area contributed by atoms with Gasteiger partial charge in [0.25, 0.3) is 5.91 Å². The smallest absolute Gasteiger partial charge is 0.272 e. The minimum atomic E-state index is -0.395. The Balaban J connectivity index is 1.65. The summed E-state index contributed by atoms with van der Waals surface area (Å²) < 4.78 is 20.2. The van der Waals surface area contributed by atoms with Gasteiger partial charge in [-0.3, -0.25) is 4.79 Å². The molecule has 4 nitrogen and oxygen atoms in total. The Morgan fingerprint density at radius 1 is 1.13 bits per heavy atom. The molecule has 30 heavy (non-hydrogen) atoms. The highest BCUT2D eigenvalue weighted by atomic mass is 79.9. The van der Waals surface area contributed by atoms with Gasteiger partial charge in [-0.15, -0.1) is 0 Å². The van der Waals surface area contributed by atoms with E-state index < -0.39 is 5.91 Å². The Morgan fingerprint density at radius 2 is 1.80 bits per heavy atom. The Kier molecular flexibility index (Phi) is 7.64. The van der Waals surface area contributed by atoms with Crippen molar-refractivity contribution in [3.8, 4) is 5.75 Å². The summed E-state index contributed by atoms with van der Waals surface area (Å²) in [7, 11) is 0. The Labute approximate surface area is 195 Å². The number of aryl methyl sites for hydroxylation is 1. The molecular weight excluding hydrogens is 539 g/mol. The average Bonchev–Trinajstić information content (AvgIpc) is 2.68. The van der Waals surface area contributed by atoms with Crippen LogP contribution in [-0.4, -0.2) is 12.1 Å². The SMILES string of the molecule is Cc1ccc(C(=O)N/N=C\c2cc(Br)c(OCc3ccc(F)cc3)c(Br)c2)c(Cl)c1. The topological polar surface area (TPSA) is 50.7 Å². The molecule has 0 saturated heterocycles. The summed E-state index contributed by atoms with van der Waals surface area (Å²) >= 11 is 13.1. The maximum Gasteiger partial charge on any atom is 0.272 e. The summed E-state index contributed by atoms with van der Waals surface area (Å²) in [6, 6.07) is 14.9. The first-order valence-corrected chi connectivity index (χ1v) is 10.8. The normalized spacial score (nSPS) is 11.0. The minimum Gasteiger partial charge on any atom is -0.487 e. The quantitative estimate of drug-likeness (QED) is 0.274. The molecule has 0 radical (unpaired) electrons. The number of nitrogens with one attached hydrogen (secondary N) is 1. The van der Waals surface area contributed by atoms with Crippen molar-refractivity contribution in [2.24, 2.45) is 5.10 Å². The number of carbonyl (C=O) groups is 1. The lowest BCUT2D eigenvalue weighted by Gasteiger charge is -2.11. The maximum atomic E-state index is 13.0. The summed E-state index contributed by atoms with van der Waals surface area (Å²) in [5.74, 6) is -0.0814. The van der Waals surface area contributed by atoms with E-state index in [2.05, 4.69) is 42.4 Å². The number of benzene rings is 3. The number of halogens is 4. The van der Waals surface area contributed by atoms with Gasteiger partial charge in [0.1, 0.15) is 18.2 Å². The molecule has 0 atom stereocenters. The molecule has 0 saturated carbocycles. The molecule has 0 fully saturated rings. The van der Waals surface area contributed by atoms with Gasteiger partial charge >= 0.3 is 0 Å². The number of nitrogens with zero attached hydrogens (tertiary/aromatic N) is 1. The van der Waals surface area contributed by atoms with Gasteiger partial charge in [0.15, 0.2) is 0 Å².